The zero-order valence-electron chi connectivity index (χ0n) is 9.96. The first-order valence-corrected chi connectivity index (χ1v) is 5.53. The molecular weight excluding hydrogens is 280 g/mol. The van der Waals surface area contributed by atoms with Crippen LogP contribution in [0.4, 0.5) is 8.78 Å². The maximum absolute atomic E-state index is 13.8. The first kappa shape index (κ1) is 13.5. The highest BCUT2D eigenvalue weighted by Gasteiger charge is 2.27. The van der Waals surface area contributed by atoms with Crippen LogP contribution in [0, 0.1) is 18.6 Å². The molecule has 0 saturated heterocycles. The zero-order chi connectivity index (χ0) is 14.2. The molecule has 0 N–H and O–H groups in total. The van der Waals surface area contributed by atoms with Crippen LogP contribution in [0.15, 0.2) is 16.7 Å². The summed E-state index contributed by atoms with van der Waals surface area (Å²) >= 11 is 5.71. The van der Waals surface area contributed by atoms with Gasteiger partial charge in [0.25, 0.3) is 0 Å². The van der Waals surface area contributed by atoms with E-state index in [4.69, 9.17) is 16.1 Å². The Morgan fingerprint density at radius 2 is 2.00 bits per heavy atom. The van der Waals surface area contributed by atoms with Crippen LogP contribution in [-0.4, -0.2) is 18.2 Å². The Morgan fingerprint density at radius 1 is 1.37 bits per heavy atom. The number of carbonyl (C=O) groups is 1. The number of nitrogens with zero attached hydrogens (tertiary/aromatic N) is 1. The molecule has 0 spiro atoms. The van der Waals surface area contributed by atoms with Gasteiger partial charge in [0.2, 0.25) is 0 Å². The van der Waals surface area contributed by atoms with E-state index < -0.39 is 22.6 Å². The summed E-state index contributed by atoms with van der Waals surface area (Å²) in [7, 11) is 1.15. The van der Waals surface area contributed by atoms with Crippen LogP contribution >= 0.6 is 11.6 Å². The quantitative estimate of drug-likeness (QED) is 0.628. The molecule has 4 nitrogen and oxygen atoms in total. The fourth-order valence-corrected chi connectivity index (χ4v) is 1.87. The molecule has 2 rings (SSSR count). The largest absolute Gasteiger partial charge is 0.465 e. The Kier molecular flexibility index (Phi) is 3.53. The molecule has 1 aromatic carbocycles. The molecule has 0 radical (unpaired) electrons. The minimum absolute atomic E-state index is 0.0890. The molecule has 1 aromatic heterocycles. The minimum Gasteiger partial charge on any atom is -0.465 e. The summed E-state index contributed by atoms with van der Waals surface area (Å²) in [5.41, 5.74) is -0.612. The van der Waals surface area contributed by atoms with Gasteiger partial charge in [0.05, 0.1) is 17.7 Å². The lowest BCUT2D eigenvalue weighted by Crippen LogP contribution is -2.04. The highest BCUT2D eigenvalue weighted by Crippen LogP contribution is 2.35. The van der Waals surface area contributed by atoms with Crippen LogP contribution in [0.5, 0.6) is 0 Å². The van der Waals surface area contributed by atoms with Crippen molar-refractivity contribution in [1.82, 2.24) is 5.16 Å². The molecule has 2 aromatic rings. The Bertz CT molecular complexity index is 655. The van der Waals surface area contributed by atoms with Crippen molar-refractivity contribution in [2.45, 2.75) is 6.92 Å². The number of carbonyl (C=O) groups excluding carboxylic acids is 1. The van der Waals surface area contributed by atoms with Crippen LogP contribution in [0.1, 0.15) is 16.1 Å². The van der Waals surface area contributed by atoms with Gasteiger partial charge in [-0.25, -0.2) is 13.6 Å². The van der Waals surface area contributed by atoms with Crippen molar-refractivity contribution < 1.29 is 22.8 Å². The van der Waals surface area contributed by atoms with Crippen molar-refractivity contribution in [3.05, 3.63) is 40.1 Å². The van der Waals surface area contributed by atoms with E-state index in [9.17, 15) is 13.6 Å². The topological polar surface area (TPSA) is 52.3 Å². The van der Waals surface area contributed by atoms with Crippen molar-refractivity contribution >= 4 is 17.6 Å². The predicted molar refractivity (Wildman–Crippen MR) is 62.9 cm³/mol. The highest BCUT2D eigenvalue weighted by molar-refractivity contribution is 6.33. The van der Waals surface area contributed by atoms with E-state index in [1.807, 2.05) is 0 Å². The molecular formula is C12H8ClF2NO3. The van der Waals surface area contributed by atoms with E-state index in [1.54, 1.807) is 0 Å². The summed E-state index contributed by atoms with van der Waals surface area (Å²) in [6.07, 6.45) is 0. The second-order valence-corrected chi connectivity index (χ2v) is 4.05. The zero-order valence-corrected chi connectivity index (χ0v) is 10.7. The summed E-state index contributed by atoms with van der Waals surface area (Å²) < 4.78 is 36.6. The third kappa shape index (κ3) is 2.19. The second kappa shape index (κ2) is 4.97. The van der Waals surface area contributed by atoms with Crippen LogP contribution in [0.3, 0.4) is 0 Å². The average molecular weight is 288 g/mol. The van der Waals surface area contributed by atoms with Crippen LogP contribution in [0.2, 0.25) is 5.02 Å². The van der Waals surface area contributed by atoms with Crippen molar-refractivity contribution in [1.29, 1.82) is 0 Å². The molecule has 0 unspecified atom stereocenters. The van der Waals surface area contributed by atoms with Crippen LogP contribution in [-0.2, 0) is 4.74 Å². The molecule has 0 saturated carbocycles. The molecule has 0 aliphatic carbocycles. The lowest BCUT2D eigenvalue weighted by Gasteiger charge is -2.05. The summed E-state index contributed by atoms with van der Waals surface area (Å²) in [6.45, 7) is 1.45. The summed E-state index contributed by atoms with van der Waals surface area (Å²) in [6, 6.07) is 1.77. The number of ether oxygens (including phenoxy) is 1. The minimum atomic E-state index is -0.825. The van der Waals surface area contributed by atoms with Crippen molar-refractivity contribution in [2.75, 3.05) is 7.11 Å². The molecule has 0 amide bonds. The Hall–Kier alpha value is -1.95. The third-order valence-electron chi connectivity index (χ3n) is 2.53. The molecule has 0 bridgehead atoms. The van der Waals surface area contributed by atoms with E-state index in [2.05, 4.69) is 9.89 Å². The van der Waals surface area contributed by atoms with Gasteiger partial charge in [-0.15, -0.1) is 0 Å². The molecule has 0 fully saturated rings. The number of halogens is 3. The van der Waals surface area contributed by atoms with Gasteiger partial charge in [-0.05, 0) is 19.1 Å². The maximum Gasteiger partial charge on any atom is 0.343 e. The van der Waals surface area contributed by atoms with Gasteiger partial charge in [-0.3, -0.25) is 0 Å². The fraction of sp³-hybridized carbons (Fsp3) is 0.167. The van der Waals surface area contributed by atoms with Gasteiger partial charge in [0.15, 0.2) is 0 Å². The maximum atomic E-state index is 13.8. The molecule has 100 valence electrons. The van der Waals surface area contributed by atoms with E-state index in [1.165, 1.54) is 6.92 Å². The molecule has 0 atom stereocenters. The lowest BCUT2D eigenvalue weighted by molar-refractivity contribution is 0.0599. The van der Waals surface area contributed by atoms with Crippen molar-refractivity contribution in [3.63, 3.8) is 0 Å². The summed E-state index contributed by atoms with van der Waals surface area (Å²) in [5.74, 6) is -2.28. The van der Waals surface area contributed by atoms with Gasteiger partial charge in [0, 0.05) is 0 Å². The number of esters is 1. The number of aryl methyl sites for hydroxylation is 1. The van der Waals surface area contributed by atoms with E-state index in [0.717, 1.165) is 19.2 Å². The summed E-state index contributed by atoms with van der Waals surface area (Å²) in [5, 5.41) is 3.08. The van der Waals surface area contributed by atoms with Crippen LogP contribution in [0.25, 0.3) is 11.3 Å². The Labute approximate surface area is 111 Å². The van der Waals surface area contributed by atoms with Gasteiger partial charge < -0.3 is 9.26 Å². The van der Waals surface area contributed by atoms with Crippen molar-refractivity contribution in [3.8, 4) is 11.3 Å². The Morgan fingerprint density at radius 3 is 2.63 bits per heavy atom. The molecule has 0 aliphatic rings. The molecule has 0 aliphatic heterocycles. The van der Waals surface area contributed by atoms with Gasteiger partial charge >= 0.3 is 5.97 Å². The van der Waals surface area contributed by atoms with E-state index >= 15 is 0 Å². The van der Waals surface area contributed by atoms with E-state index in [0.29, 0.717) is 0 Å². The average Bonchev–Trinajstić information content (AvgIpc) is 2.75. The second-order valence-electron chi connectivity index (χ2n) is 3.67. The van der Waals surface area contributed by atoms with Gasteiger partial charge in [0.1, 0.15) is 28.7 Å². The van der Waals surface area contributed by atoms with E-state index in [-0.39, 0.29) is 22.6 Å². The van der Waals surface area contributed by atoms with Crippen molar-refractivity contribution in [2.24, 2.45) is 0 Å². The smallest absolute Gasteiger partial charge is 0.343 e. The number of aromatic nitrogens is 1. The molecule has 1 heterocycles. The normalized spacial score (nSPS) is 10.6. The first-order chi connectivity index (χ1) is 8.97. The number of rotatable bonds is 2. The fourth-order valence-electron chi connectivity index (χ4n) is 1.63. The SMILES string of the molecule is COC(=O)c1c(-c2c(F)ccc(F)c2Cl)noc1C. The molecule has 19 heavy (non-hydrogen) atoms. The lowest BCUT2D eigenvalue weighted by atomic mass is 10.1. The number of benzene rings is 1. The Balaban J connectivity index is 2.74. The monoisotopic (exact) mass is 287 g/mol. The van der Waals surface area contributed by atoms with Gasteiger partial charge in [-0.1, -0.05) is 16.8 Å². The third-order valence-corrected chi connectivity index (χ3v) is 2.90. The number of hydrogen-bond donors (Lipinski definition) is 0. The first-order valence-electron chi connectivity index (χ1n) is 5.15. The summed E-state index contributed by atoms with van der Waals surface area (Å²) in [4.78, 5) is 11.6. The number of hydrogen-bond acceptors (Lipinski definition) is 4. The standard InChI is InChI=1S/C12H8ClF2NO3/c1-5-8(12(17)18-2)11(16-19-5)9-6(14)3-4-7(15)10(9)13/h3-4H,1-2H3. The molecule has 7 heteroatoms. The van der Waals surface area contributed by atoms with Crippen LogP contribution < -0.4 is 0 Å². The highest BCUT2D eigenvalue weighted by atomic mass is 35.5. The number of methoxy groups -OCH3 is 1. The predicted octanol–water partition coefficient (Wildman–Crippen LogP) is 3.37. The van der Waals surface area contributed by atoms with Gasteiger partial charge in [-0.2, -0.15) is 0 Å².